The third-order valence-electron chi connectivity index (χ3n) is 2.96. The fourth-order valence-electron chi connectivity index (χ4n) is 1.88. The van der Waals surface area contributed by atoms with Crippen LogP contribution in [0.5, 0.6) is 0 Å². The van der Waals surface area contributed by atoms with Crippen molar-refractivity contribution in [1.82, 2.24) is 10.6 Å². The lowest BCUT2D eigenvalue weighted by Gasteiger charge is -2.07. The SMILES string of the molecule is O=C(CNCC(=O)Nc1ccccc1)NCc1ccccc1. The maximum atomic E-state index is 11.7. The van der Waals surface area contributed by atoms with E-state index in [1.54, 1.807) is 0 Å². The third-order valence-corrected chi connectivity index (χ3v) is 2.96. The van der Waals surface area contributed by atoms with Crippen molar-refractivity contribution in [3.8, 4) is 0 Å². The average Bonchev–Trinajstić information content (AvgIpc) is 2.55. The van der Waals surface area contributed by atoms with Crippen LogP contribution in [0.1, 0.15) is 5.56 Å². The number of amides is 2. The van der Waals surface area contributed by atoms with Gasteiger partial charge in [0, 0.05) is 12.2 Å². The van der Waals surface area contributed by atoms with Gasteiger partial charge in [0.15, 0.2) is 0 Å². The fourth-order valence-corrected chi connectivity index (χ4v) is 1.88. The molecule has 0 aromatic heterocycles. The number of para-hydroxylation sites is 1. The van der Waals surface area contributed by atoms with Crippen LogP contribution in [0.15, 0.2) is 60.7 Å². The van der Waals surface area contributed by atoms with Gasteiger partial charge in [-0.1, -0.05) is 48.5 Å². The van der Waals surface area contributed by atoms with E-state index in [1.165, 1.54) is 0 Å². The zero-order valence-electron chi connectivity index (χ0n) is 12.2. The number of carbonyl (C=O) groups excluding carboxylic acids is 2. The topological polar surface area (TPSA) is 70.2 Å². The number of benzene rings is 2. The Labute approximate surface area is 129 Å². The smallest absolute Gasteiger partial charge is 0.238 e. The van der Waals surface area contributed by atoms with Gasteiger partial charge in [-0.05, 0) is 17.7 Å². The molecule has 22 heavy (non-hydrogen) atoms. The maximum absolute atomic E-state index is 11.7. The number of anilines is 1. The predicted molar refractivity (Wildman–Crippen MR) is 86.2 cm³/mol. The molecule has 0 fully saturated rings. The predicted octanol–water partition coefficient (Wildman–Crippen LogP) is 1.53. The molecule has 0 aliphatic heterocycles. The second-order valence-corrected chi connectivity index (χ2v) is 4.78. The summed E-state index contributed by atoms with van der Waals surface area (Å²) in [6.07, 6.45) is 0. The zero-order chi connectivity index (χ0) is 15.6. The maximum Gasteiger partial charge on any atom is 0.238 e. The van der Waals surface area contributed by atoms with E-state index < -0.39 is 0 Å². The molecule has 2 aromatic rings. The van der Waals surface area contributed by atoms with Crippen molar-refractivity contribution >= 4 is 17.5 Å². The van der Waals surface area contributed by atoms with Gasteiger partial charge in [0.1, 0.15) is 0 Å². The van der Waals surface area contributed by atoms with Gasteiger partial charge in [0.05, 0.1) is 13.1 Å². The van der Waals surface area contributed by atoms with Gasteiger partial charge >= 0.3 is 0 Å². The van der Waals surface area contributed by atoms with Crippen molar-refractivity contribution in [1.29, 1.82) is 0 Å². The van der Waals surface area contributed by atoms with E-state index in [4.69, 9.17) is 0 Å². The molecule has 0 atom stereocenters. The Hall–Kier alpha value is -2.66. The summed E-state index contributed by atoms with van der Waals surface area (Å²) in [5.74, 6) is -0.321. The van der Waals surface area contributed by atoms with Crippen molar-refractivity contribution in [2.24, 2.45) is 0 Å². The first-order chi connectivity index (χ1) is 10.7. The molecule has 0 heterocycles. The molecule has 2 amide bonds. The Morgan fingerprint density at radius 2 is 1.36 bits per heavy atom. The minimum Gasteiger partial charge on any atom is -0.351 e. The molecule has 5 heteroatoms. The lowest BCUT2D eigenvalue weighted by atomic mass is 10.2. The summed E-state index contributed by atoms with van der Waals surface area (Å²) in [4.78, 5) is 23.3. The van der Waals surface area contributed by atoms with Crippen LogP contribution in [-0.4, -0.2) is 24.9 Å². The van der Waals surface area contributed by atoms with E-state index in [9.17, 15) is 9.59 Å². The third kappa shape index (κ3) is 5.76. The van der Waals surface area contributed by atoms with Gasteiger partial charge in [0.2, 0.25) is 11.8 Å². The Morgan fingerprint density at radius 3 is 2.05 bits per heavy atom. The molecule has 0 bridgehead atoms. The second-order valence-electron chi connectivity index (χ2n) is 4.78. The molecule has 0 radical (unpaired) electrons. The second kappa shape index (κ2) is 8.59. The number of rotatable bonds is 7. The van der Waals surface area contributed by atoms with E-state index in [0.29, 0.717) is 6.54 Å². The van der Waals surface area contributed by atoms with Crippen LogP contribution in [0.4, 0.5) is 5.69 Å². The van der Waals surface area contributed by atoms with Crippen molar-refractivity contribution in [2.75, 3.05) is 18.4 Å². The summed E-state index contributed by atoms with van der Waals surface area (Å²) >= 11 is 0. The molecule has 0 saturated heterocycles. The van der Waals surface area contributed by atoms with Crippen LogP contribution in [-0.2, 0) is 16.1 Å². The van der Waals surface area contributed by atoms with Gasteiger partial charge in [0.25, 0.3) is 0 Å². The van der Waals surface area contributed by atoms with Gasteiger partial charge < -0.3 is 10.6 Å². The lowest BCUT2D eigenvalue weighted by Crippen LogP contribution is -2.37. The van der Waals surface area contributed by atoms with E-state index in [0.717, 1.165) is 11.3 Å². The van der Waals surface area contributed by atoms with Crippen LogP contribution < -0.4 is 16.0 Å². The molecular weight excluding hydrogens is 278 g/mol. The fraction of sp³-hybridized carbons (Fsp3) is 0.176. The Morgan fingerprint density at radius 1 is 0.773 bits per heavy atom. The summed E-state index contributed by atoms with van der Waals surface area (Å²) in [5.41, 5.74) is 1.78. The molecule has 2 rings (SSSR count). The summed E-state index contributed by atoms with van der Waals surface area (Å²) in [6.45, 7) is 0.681. The highest BCUT2D eigenvalue weighted by Crippen LogP contribution is 2.03. The zero-order valence-corrected chi connectivity index (χ0v) is 12.2. The van der Waals surface area contributed by atoms with Gasteiger partial charge in [-0.3, -0.25) is 14.9 Å². The van der Waals surface area contributed by atoms with Crippen molar-refractivity contribution in [3.63, 3.8) is 0 Å². The number of hydrogen-bond donors (Lipinski definition) is 3. The van der Waals surface area contributed by atoms with Crippen LogP contribution in [0.2, 0.25) is 0 Å². The van der Waals surface area contributed by atoms with Gasteiger partial charge in [-0.25, -0.2) is 0 Å². The first-order valence-electron chi connectivity index (χ1n) is 7.10. The van der Waals surface area contributed by atoms with E-state index in [1.807, 2.05) is 60.7 Å². The van der Waals surface area contributed by atoms with E-state index in [2.05, 4.69) is 16.0 Å². The van der Waals surface area contributed by atoms with Crippen LogP contribution in [0.3, 0.4) is 0 Å². The molecule has 3 N–H and O–H groups in total. The molecular formula is C17H19N3O2. The van der Waals surface area contributed by atoms with Crippen LogP contribution in [0, 0.1) is 0 Å². The average molecular weight is 297 g/mol. The van der Waals surface area contributed by atoms with E-state index in [-0.39, 0.29) is 24.9 Å². The van der Waals surface area contributed by atoms with Crippen molar-refractivity contribution < 1.29 is 9.59 Å². The molecule has 2 aromatic carbocycles. The standard InChI is InChI=1S/C17H19N3O2/c21-16(19-11-14-7-3-1-4-8-14)12-18-13-17(22)20-15-9-5-2-6-10-15/h1-10,18H,11-13H2,(H,19,21)(H,20,22). The summed E-state index contributed by atoms with van der Waals surface area (Å²) in [7, 11) is 0. The van der Waals surface area contributed by atoms with Gasteiger partial charge in [-0.2, -0.15) is 0 Å². The Kier molecular flexibility index (Phi) is 6.14. The minimum atomic E-state index is -0.179. The molecule has 114 valence electrons. The number of carbonyl (C=O) groups is 2. The normalized spacial score (nSPS) is 10.0. The number of hydrogen-bond acceptors (Lipinski definition) is 3. The van der Waals surface area contributed by atoms with Crippen LogP contribution >= 0.6 is 0 Å². The number of nitrogens with one attached hydrogen (secondary N) is 3. The highest BCUT2D eigenvalue weighted by Gasteiger charge is 2.04. The van der Waals surface area contributed by atoms with E-state index >= 15 is 0 Å². The molecule has 0 unspecified atom stereocenters. The monoisotopic (exact) mass is 297 g/mol. The lowest BCUT2D eigenvalue weighted by molar-refractivity contribution is -0.120. The first kappa shape index (κ1) is 15.7. The molecule has 0 aliphatic rings. The highest BCUT2D eigenvalue weighted by atomic mass is 16.2. The molecule has 0 saturated carbocycles. The Balaban J connectivity index is 1.61. The van der Waals surface area contributed by atoms with Gasteiger partial charge in [-0.15, -0.1) is 0 Å². The largest absolute Gasteiger partial charge is 0.351 e. The Bertz CT molecular complexity index is 600. The van der Waals surface area contributed by atoms with Crippen molar-refractivity contribution in [2.45, 2.75) is 6.54 Å². The first-order valence-corrected chi connectivity index (χ1v) is 7.10. The van der Waals surface area contributed by atoms with Crippen LogP contribution in [0.25, 0.3) is 0 Å². The van der Waals surface area contributed by atoms with Crippen molar-refractivity contribution in [3.05, 3.63) is 66.2 Å². The molecule has 0 spiro atoms. The quantitative estimate of drug-likeness (QED) is 0.726. The molecule has 5 nitrogen and oxygen atoms in total. The summed E-state index contributed by atoms with van der Waals surface area (Å²) in [6, 6.07) is 18.9. The molecule has 0 aliphatic carbocycles. The summed E-state index contributed by atoms with van der Waals surface area (Å²) in [5, 5.41) is 8.35. The minimum absolute atomic E-state index is 0.0909. The highest BCUT2D eigenvalue weighted by molar-refractivity contribution is 5.92. The summed E-state index contributed by atoms with van der Waals surface area (Å²) < 4.78 is 0.